The van der Waals surface area contributed by atoms with Gasteiger partial charge in [-0.1, -0.05) is 66.7 Å². The van der Waals surface area contributed by atoms with Gasteiger partial charge < -0.3 is 9.90 Å². The summed E-state index contributed by atoms with van der Waals surface area (Å²) in [6.07, 6.45) is 0. The minimum atomic E-state index is -1.32. The maximum atomic E-state index is 13.4. The average molecular weight is 392 g/mol. The second-order valence-electron chi connectivity index (χ2n) is 7.04. The highest BCUT2D eigenvalue weighted by Crippen LogP contribution is 2.40. The largest absolute Gasteiger partial charge is 0.545 e. The van der Waals surface area contributed by atoms with Crippen LogP contribution in [0.3, 0.4) is 0 Å². The third kappa shape index (κ3) is 2.60. The summed E-state index contributed by atoms with van der Waals surface area (Å²) in [6, 6.07) is 24.4. The molecule has 0 saturated heterocycles. The van der Waals surface area contributed by atoms with E-state index < -0.39 is 17.8 Å². The van der Waals surface area contributed by atoms with E-state index in [1.807, 2.05) is 54.6 Å². The molecule has 2 amide bonds. The van der Waals surface area contributed by atoms with Gasteiger partial charge in [0.1, 0.15) is 0 Å². The number of nitrogens with zero attached hydrogens (tertiary/aromatic N) is 1. The van der Waals surface area contributed by atoms with Crippen molar-refractivity contribution in [1.29, 1.82) is 0 Å². The van der Waals surface area contributed by atoms with E-state index in [0.29, 0.717) is 16.8 Å². The molecule has 4 aromatic carbocycles. The van der Waals surface area contributed by atoms with Crippen molar-refractivity contribution in [3.8, 4) is 11.1 Å². The molecule has 0 aliphatic carbocycles. The van der Waals surface area contributed by atoms with E-state index in [-0.39, 0.29) is 5.56 Å². The molecule has 0 aromatic heterocycles. The zero-order valence-electron chi connectivity index (χ0n) is 15.7. The number of rotatable bonds is 3. The number of fused-ring (bicyclic) bond motifs is 2. The molecule has 30 heavy (non-hydrogen) atoms. The molecule has 1 heterocycles. The molecule has 144 valence electrons. The minimum absolute atomic E-state index is 0.0222. The van der Waals surface area contributed by atoms with E-state index in [1.165, 1.54) is 24.3 Å². The molecule has 0 fully saturated rings. The number of amides is 2. The fourth-order valence-corrected chi connectivity index (χ4v) is 3.95. The van der Waals surface area contributed by atoms with Crippen LogP contribution in [0.15, 0.2) is 84.9 Å². The Bertz CT molecular complexity index is 1340. The zero-order chi connectivity index (χ0) is 20.8. The van der Waals surface area contributed by atoms with Crippen LogP contribution < -0.4 is 10.0 Å². The van der Waals surface area contributed by atoms with Gasteiger partial charge >= 0.3 is 0 Å². The Morgan fingerprint density at radius 3 is 2.10 bits per heavy atom. The van der Waals surface area contributed by atoms with Crippen molar-refractivity contribution in [2.45, 2.75) is 0 Å². The van der Waals surface area contributed by atoms with Gasteiger partial charge in [0, 0.05) is 5.56 Å². The molecular weight excluding hydrogens is 378 g/mol. The molecule has 0 atom stereocenters. The number of aromatic carboxylic acids is 1. The molecule has 0 saturated carbocycles. The Morgan fingerprint density at radius 1 is 0.733 bits per heavy atom. The van der Waals surface area contributed by atoms with Crippen molar-refractivity contribution < 1.29 is 19.5 Å². The fraction of sp³-hybridized carbons (Fsp3) is 0. The molecule has 0 bridgehead atoms. The number of hydrogen-bond acceptors (Lipinski definition) is 4. The van der Waals surface area contributed by atoms with Crippen molar-refractivity contribution in [2.75, 3.05) is 4.90 Å². The van der Waals surface area contributed by atoms with Crippen LogP contribution in [0.2, 0.25) is 0 Å². The molecule has 1 aliphatic heterocycles. The average Bonchev–Trinajstić information content (AvgIpc) is 3.02. The quantitative estimate of drug-likeness (QED) is 0.499. The SMILES string of the molecule is O=C([O-])c1ccc(N2C(=O)c3cc4ccccc4c(-c4ccccc4)c3C2=O)cc1. The topological polar surface area (TPSA) is 77.5 Å². The van der Waals surface area contributed by atoms with Gasteiger partial charge in [0.05, 0.1) is 22.8 Å². The molecule has 0 N–H and O–H groups in total. The van der Waals surface area contributed by atoms with Gasteiger partial charge in [-0.15, -0.1) is 0 Å². The van der Waals surface area contributed by atoms with Crippen molar-refractivity contribution in [1.82, 2.24) is 0 Å². The summed E-state index contributed by atoms with van der Waals surface area (Å²) in [4.78, 5) is 38.8. The monoisotopic (exact) mass is 392 g/mol. The first-order valence-corrected chi connectivity index (χ1v) is 9.37. The van der Waals surface area contributed by atoms with E-state index in [0.717, 1.165) is 26.8 Å². The van der Waals surface area contributed by atoms with Crippen LogP contribution in [0.1, 0.15) is 31.1 Å². The van der Waals surface area contributed by atoms with Crippen LogP contribution in [0, 0.1) is 0 Å². The van der Waals surface area contributed by atoms with Crippen molar-refractivity contribution in [3.63, 3.8) is 0 Å². The summed E-state index contributed by atoms with van der Waals surface area (Å²) < 4.78 is 0. The number of hydrogen-bond donors (Lipinski definition) is 0. The van der Waals surface area contributed by atoms with Gasteiger partial charge in [-0.25, -0.2) is 4.90 Å². The van der Waals surface area contributed by atoms with Crippen molar-refractivity contribution in [3.05, 3.63) is 102 Å². The van der Waals surface area contributed by atoms with Gasteiger partial charge in [-0.05, 0) is 40.1 Å². The summed E-state index contributed by atoms with van der Waals surface area (Å²) in [5.74, 6) is -2.18. The standard InChI is InChI=1S/C25H15NO4/c27-23-20-14-17-8-4-5-9-19(17)21(15-6-2-1-3-7-15)22(20)24(28)26(23)18-12-10-16(11-13-18)25(29)30/h1-14H,(H,29,30)/p-1. The number of carboxylic acids is 1. The van der Waals surface area contributed by atoms with Crippen LogP contribution in [0.5, 0.6) is 0 Å². The fourth-order valence-electron chi connectivity index (χ4n) is 3.95. The second-order valence-corrected chi connectivity index (χ2v) is 7.04. The second kappa shape index (κ2) is 6.67. The highest BCUT2D eigenvalue weighted by Gasteiger charge is 2.39. The third-order valence-corrected chi connectivity index (χ3v) is 5.32. The van der Waals surface area contributed by atoms with Crippen LogP contribution in [-0.4, -0.2) is 17.8 Å². The first-order chi connectivity index (χ1) is 14.6. The summed E-state index contributed by atoms with van der Waals surface area (Å²) >= 11 is 0. The van der Waals surface area contributed by atoms with Gasteiger partial charge in [-0.2, -0.15) is 0 Å². The Kier molecular flexibility index (Phi) is 3.96. The van der Waals surface area contributed by atoms with Crippen LogP contribution in [0.25, 0.3) is 21.9 Å². The molecule has 0 unspecified atom stereocenters. The number of carbonyl (C=O) groups excluding carboxylic acids is 3. The summed E-state index contributed by atoms with van der Waals surface area (Å²) in [5.41, 5.74) is 2.55. The molecule has 0 radical (unpaired) electrons. The van der Waals surface area contributed by atoms with Crippen LogP contribution in [-0.2, 0) is 0 Å². The Hall–Kier alpha value is -4.25. The third-order valence-electron chi connectivity index (χ3n) is 5.32. The Morgan fingerprint density at radius 2 is 1.40 bits per heavy atom. The van der Waals surface area contributed by atoms with Gasteiger partial charge in [0.25, 0.3) is 11.8 Å². The van der Waals surface area contributed by atoms with Gasteiger partial charge in [0.15, 0.2) is 0 Å². The summed E-state index contributed by atoms with van der Waals surface area (Å²) in [6.45, 7) is 0. The molecule has 5 rings (SSSR count). The number of carboxylic acid groups (broad SMARTS) is 1. The number of carbonyl (C=O) groups is 3. The van der Waals surface area contributed by atoms with Crippen molar-refractivity contribution >= 4 is 34.2 Å². The van der Waals surface area contributed by atoms with E-state index in [2.05, 4.69) is 0 Å². The zero-order valence-corrected chi connectivity index (χ0v) is 15.7. The molecule has 1 aliphatic rings. The number of benzene rings is 4. The molecule has 5 nitrogen and oxygen atoms in total. The molecule has 0 spiro atoms. The first kappa shape index (κ1) is 17.8. The number of imide groups is 1. The van der Waals surface area contributed by atoms with E-state index in [9.17, 15) is 19.5 Å². The van der Waals surface area contributed by atoms with Crippen LogP contribution >= 0.6 is 0 Å². The lowest BCUT2D eigenvalue weighted by Crippen LogP contribution is -2.29. The molecule has 4 aromatic rings. The van der Waals surface area contributed by atoms with E-state index in [4.69, 9.17) is 0 Å². The Labute approximate surface area is 171 Å². The van der Waals surface area contributed by atoms with E-state index >= 15 is 0 Å². The number of anilines is 1. The lowest BCUT2D eigenvalue weighted by atomic mass is 9.90. The molecule has 5 heteroatoms. The molecular formula is C25H14NO4-. The van der Waals surface area contributed by atoms with Gasteiger partial charge in [-0.3, -0.25) is 9.59 Å². The highest BCUT2D eigenvalue weighted by atomic mass is 16.4. The smallest absolute Gasteiger partial charge is 0.266 e. The van der Waals surface area contributed by atoms with E-state index in [1.54, 1.807) is 6.07 Å². The first-order valence-electron chi connectivity index (χ1n) is 9.37. The van der Waals surface area contributed by atoms with Crippen LogP contribution in [0.4, 0.5) is 5.69 Å². The predicted octanol–water partition coefficient (Wildman–Crippen LogP) is 3.67. The summed E-state index contributed by atoms with van der Waals surface area (Å²) in [5, 5.41) is 12.8. The lowest BCUT2D eigenvalue weighted by Gasteiger charge is -2.15. The minimum Gasteiger partial charge on any atom is -0.545 e. The maximum absolute atomic E-state index is 13.4. The summed E-state index contributed by atoms with van der Waals surface area (Å²) in [7, 11) is 0. The normalized spacial score (nSPS) is 13.0. The lowest BCUT2D eigenvalue weighted by molar-refractivity contribution is -0.255. The van der Waals surface area contributed by atoms with Gasteiger partial charge in [0.2, 0.25) is 0 Å². The predicted molar refractivity (Wildman–Crippen MR) is 111 cm³/mol. The Balaban J connectivity index is 1.74. The highest BCUT2D eigenvalue weighted by molar-refractivity contribution is 6.37. The maximum Gasteiger partial charge on any atom is 0.266 e. The van der Waals surface area contributed by atoms with Crippen molar-refractivity contribution in [2.24, 2.45) is 0 Å².